The van der Waals surface area contributed by atoms with Crippen molar-refractivity contribution in [1.29, 1.82) is 0 Å². The molecule has 2 N–H and O–H groups in total. The molecule has 108 valence electrons. The zero-order valence-corrected chi connectivity index (χ0v) is 12.4. The van der Waals surface area contributed by atoms with Gasteiger partial charge < -0.3 is 10.4 Å². The van der Waals surface area contributed by atoms with Crippen molar-refractivity contribution in [3.05, 3.63) is 63.4 Å². The second-order valence-corrected chi connectivity index (χ2v) is 5.68. The zero-order chi connectivity index (χ0) is 15.0. The Balaban J connectivity index is 1.87. The maximum absolute atomic E-state index is 12.3. The summed E-state index contributed by atoms with van der Waals surface area (Å²) in [7, 11) is 0. The number of benzene rings is 1. The molecule has 1 aromatic carbocycles. The molecule has 1 heterocycles. The van der Waals surface area contributed by atoms with Crippen molar-refractivity contribution in [2.75, 3.05) is 0 Å². The van der Waals surface area contributed by atoms with E-state index in [0.717, 1.165) is 11.1 Å². The van der Waals surface area contributed by atoms with Crippen LogP contribution in [0.1, 0.15) is 27.7 Å². The molecule has 1 aliphatic carbocycles. The highest BCUT2D eigenvalue weighted by Crippen LogP contribution is 2.31. The Morgan fingerprint density at radius 1 is 1.24 bits per heavy atom. The van der Waals surface area contributed by atoms with Gasteiger partial charge in [-0.3, -0.25) is 4.79 Å². The summed E-state index contributed by atoms with van der Waals surface area (Å²) in [4.78, 5) is 16.2. The number of aliphatic hydroxyl groups is 1. The van der Waals surface area contributed by atoms with E-state index >= 15 is 0 Å². The number of fused-ring (bicyclic) bond motifs is 1. The highest BCUT2D eigenvalue weighted by Gasteiger charge is 2.32. The highest BCUT2D eigenvalue weighted by molar-refractivity contribution is 6.34. The van der Waals surface area contributed by atoms with Crippen LogP contribution in [0.4, 0.5) is 0 Å². The molecular weight excluding hydrogens is 311 g/mol. The summed E-state index contributed by atoms with van der Waals surface area (Å²) >= 11 is 11.8. The van der Waals surface area contributed by atoms with Crippen LogP contribution in [0.2, 0.25) is 10.2 Å². The summed E-state index contributed by atoms with van der Waals surface area (Å²) in [6.07, 6.45) is -0.151. The Hall–Kier alpha value is -1.62. The predicted octanol–water partition coefficient (Wildman–Crippen LogP) is 2.78. The van der Waals surface area contributed by atoms with Gasteiger partial charge in [0.2, 0.25) is 0 Å². The van der Waals surface area contributed by atoms with E-state index in [1.165, 1.54) is 12.1 Å². The molecular formula is C15H12Cl2N2O2. The van der Waals surface area contributed by atoms with Gasteiger partial charge in [0, 0.05) is 6.42 Å². The highest BCUT2D eigenvalue weighted by atomic mass is 35.5. The molecule has 1 aliphatic rings. The third-order valence-corrected chi connectivity index (χ3v) is 4.03. The first-order valence-corrected chi connectivity index (χ1v) is 7.20. The minimum absolute atomic E-state index is 0.0562. The van der Waals surface area contributed by atoms with Gasteiger partial charge in [0.1, 0.15) is 10.8 Å². The average molecular weight is 323 g/mol. The number of nitrogens with one attached hydrogen (secondary N) is 1. The molecule has 0 bridgehead atoms. The second-order valence-electron chi connectivity index (χ2n) is 4.89. The minimum Gasteiger partial charge on any atom is -0.390 e. The molecule has 0 spiro atoms. The summed E-state index contributed by atoms with van der Waals surface area (Å²) in [6.45, 7) is 0. The lowest BCUT2D eigenvalue weighted by atomic mass is 10.1. The van der Waals surface area contributed by atoms with Crippen LogP contribution < -0.4 is 5.32 Å². The number of halogens is 2. The third-order valence-electron chi connectivity index (χ3n) is 3.52. The molecule has 0 fully saturated rings. The van der Waals surface area contributed by atoms with E-state index in [0.29, 0.717) is 6.42 Å². The monoisotopic (exact) mass is 322 g/mol. The van der Waals surface area contributed by atoms with Crippen molar-refractivity contribution in [1.82, 2.24) is 10.3 Å². The van der Waals surface area contributed by atoms with Crippen LogP contribution in [-0.2, 0) is 6.42 Å². The van der Waals surface area contributed by atoms with Gasteiger partial charge in [-0.05, 0) is 23.3 Å². The van der Waals surface area contributed by atoms with Crippen LogP contribution >= 0.6 is 23.2 Å². The molecule has 0 unspecified atom stereocenters. The lowest BCUT2D eigenvalue weighted by Crippen LogP contribution is -2.34. The Bertz CT molecular complexity index is 706. The van der Waals surface area contributed by atoms with Crippen LogP contribution in [-0.4, -0.2) is 22.1 Å². The number of carbonyl (C=O) groups is 1. The Kier molecular flexibility index (Phi) is 3.85. The average Bonchev–Trinajstić information content (AvgIpc) is 2.78. The van der Waals surface area contributed by atoms with E-state index < -0.39 is 18.1 Å². The second kappa shape index (κ2) is 5.64. The van der Waals surface area contributed by atoms with E-state index in [1.54, 1.807) is 0 Å². The Labute approximate surface area is 131 Å². The van der Waals surface area contributed by atoms with E-state index in [4.69, 9.17) is 23.2 Å². The van der Waals surface area contributed by atoms with Crippen molar-refractivity contribution >= 4 is 29.1 Å². The number of nitrogens with zero attached hydrogens (tertiary/aromatic N) is 1. The number of pyridine rings is 1. The topological polar surface area (TPSA) is 62.2 Å². The van der Waals surface area contributed by atoms with Gasteiger partial charge in [-0.1, -0.05) is 47.5 Å². The van der Waals surface area contributed by atoms with Crippen molar-refractivity contribution in [2.24, 2.45) is 0 Å². The first-order valence-electron chi connectivity index (χ1n) is 6.45. The van der Waals surface area contributed by atoms with Crippen molar-refractivity contribution < 1.29 is 9.90 Å². The lowest BCUT2D eigenvalue weighted by Gasteiger charge is -2.18. The molecule has 0 aliphatic heterocycles. The number of hydrogen-bond donors (Lipinski definition) is 2. The first kappa shape index (κ1) is 14.3. The van der Waals surface area contributed by atoms with E-state index in [-0.39, 0.29) is 15.9 Å². The van der Waals surface area contributed by atoms with Crippen molar-refractivity contribution in [3.63, 3.8) is 0 Å². The summed E-state index contributed by atoms with van der Waals surface area (Å²) in [6, 6.07) is 10.2. The largest absolute Gasteiger partial charge is 0.390 e. The fourth-order valence-electron chi connectivity index (χ4n) is 2.54. The van der Waals surface area contributed by atoms with Gasteiger partial charge >= 0.3 is 0 Å². The maximum Gasteiger partial charge on any atom is 0.272 e. The SMILES string of the molecule is O=C(N[C@@H]1c2ccccc2C[C@@H]1O)c1nc(Cl)ccc1Cl. The van der Waals surface area contributed by atoms with Crippen molar-refractivity contribution in [3.8, 4) is 0 Å². The van der Waals surface area contributed by atoms with Gasteiger partial charge in [0.25, 0.3) is 5.91 Å². The summed E-state index contributed by atoms with van der Waals surface area (Å²) in [5.41, 5.74) is 2.00. The molecule has 2 atom stereocenters. The molecule has 0 saturated heterocycles. The molecule has 1 amide bonds. The zero-order valence-electron chi connectivity index (χ0n) is 10.9. The number of carbonyl (C=O) groups excluding carboxylic acids is 1. The van der Waals surface area contributed by atoms with Gasteiger partial charge in [0.15, 0.2) is 0 Å². The van der Waals surface area contributed by atoms with Gasteiger partial charge in [0.05, 0.1) is 17.2 Å². The number of rotatable bonds is 2. The number of aromatic nitrogens is 1. The fraction of sp³-hybridized carbons (Fsp3) is 0.200. The Morgan fingerprint density at radius 3 is 2.81 bits per heavy atom. The maximum atomic E-state index is 12.3. The predicted molar refractivity (Wildman–Crippen MR) is 80.6 cm³/mol. The van der Waals surface area contributed by atoms with Gasteiger partial charge in [-0.25, -0.2) is 4.98 Å². The van der Waals surface area contributed by atoms with Crippen molar-refractivity contribution in [2.45, 2.75) is 18.6 Å². The standard InChI is InChI=1S/C15H12Cl2N2O2/c16-10-5-6-12(17)18-14(10)15(21)19-13-9-4-2-1-3-8(9)7-11(13)20/h1-6,11,13,20H,7H2,(H,19,21)/t11-,13+/m0/s1. The summed E-state index contributed by atoms with van der Waals surface area (Å²) in [5, 5.41) is 13.3. The van der Waals surface area contributed by atoms with E-state index in [1.807, 2.05) is 24.3 Å². The third kappa shape index (κ3) is 2.75. The molecule has 6 heteroatoms. The van der Waals surface area contributed by atoms with Crippen LogP contribution in [0.15, 0.2) is 36.4 Å². The first-order chi connectivity index (χ1) is 10.1. The van der Waals surface area contributed by atoms with Crippen LogP contribution in [0.25, 0.3) is 0 Å². The molecule has 1 aromatic heterocycles. The minimum atomic E-state index is -0.663. The van der Waals surface area contributed by atoms with Gasteiger partial charge in [-0.15, -0.1) is 0 Å². The lowest BCUT2D eigenvalue weighted by molar-refractivity contribution is 0.0853. The van der Waals surface area contributed by atoms with Crippen LogP contribution in [0, 0.1) is 0 Å². The molecule has 2 aromatic rings. The number of amides is 1. The number of aliphatic hydroxyl groups excluding tert-OH is 1. The Morgan fingerprint density at radius 2 is 2.00 bits per heavy atom. The summed E-state index contributed by atoms with van der Waals surface area (Å²) in [5.74, 6) is -0.455. The smallest absolute Gasteiger partial charge is 0.272 e. The molecule has 4 nitrogen and oxygen atoms in total. The van der Waals surface area contributed by atoms with E-state index in [2.05, 4.69) is 10.3 Å². The fourth-order valence-corrected chi connectivity index (χ4v) is 2.87. The van der Waals surface area contributed by atoms with E-state index in [9.17, 15) is 9.90 Å². The van der Waals surface area contributed by atoms with Gasteiger partial charge in [-0.2, -0.15) is 0 Å². The quantitative estimate of drug-likeness (QED) is 0.836. The summed E-state index contributed by atoms with van der Waals surface area (Å²) < 4.78 is 0. The normalized spacial score (nSPS) is 20.1. The number of hydrogen-bond acceptors (Lipinski definition) is 3. The molecule has 0 radical (unpaired) electrons. The molecule has 3 rings (SSSR count). The molecule has 21 heavy (non-hydrogen) atoms. The van der Waals surface area contributed by atoms with Crippen LogP contribution in [0.5, 0.6) is 0 Å². The molecule has 0 saturated carbocycles. The van der Waals surface area contributed by atoms with Crippen LogP contribution in [0.3, 0.4) is 0 Å².